The predicted molar refractivity (Wildman–Crippen MR) is 116 cm³/mol. The number of hydrogen-bond acceptors (Lipinski definition) is 4. The summed E-state index contributed by atoms with van der Waals surface area (Å²) in [5.41, 5.74) is 3.57. The van der Waals surface area contributed by atoms with E-state index >= 15 is 0 Å². The van der Waals surface area contributed by atoms with Gasteiger partial charge in [-0.1, -0.05) is 48.5 Å². The number of phenols is 2. The van der Waals surface area contributed by atoms with E-state index in [0.29, 0.717) is 4.88 Å². The maximum atomic E-state index is 12.6. The van der Waals surface area contributed by atoms with Gasteiger partial charge in [-0.2, -0.15) is 0 Å². The summed E-state index contributed by atoms with van der Waals surface area (Å²) < 4.78 is 0. The highest BCUT2D eigenvalue weighted by molar-refractivity contribution is 7.12. The van der Waals surface area contributed by atoms with Crippen LogP contribution in [0, 0.1) is 0 Å². The highest BCUT2D eigenvalue weighted by Crippen LogP contribution is 2.37. The number of carbonyl (C=O) groups excluding carboxylic acids is 1. The normalized spacial score (nSPS) is 10.8. The van der Waals surface area contributed by atoms with Gasteiger partial charge in [-0.15, -0.1) is 11.3 Å². The number of para-hydroxylation sites is 1. The van der Waals surface area contributed by atoms with Crippen molar-refractivity contribution < 1.29 is 15.0 Å². The van der Waals surface area contributed by atoms with E-state index in [1.165, 1.54) is 11.3 Å². The molecule has 5 heteroatoms. The number of nitrogens with one attached hydrogen (secondary N) is 1. The summed E-state index contributed by atoms with van der Waals surface area (Å²) in [4.78, 5) is 13.3. The first kappa shape index (κ1) is 18.8. The number of aromatic hydroxyl groups is 2. The third kappa shape index (κ3) is 4.15. The van der Waals surface area contributed by atoms with Crippen LogP contribution in [0.4, 0.5) is 5.69 Å². The fraction of sp³-hybridized carbons (Fsp3) is 0.0417. The van der Waals surface area contributed by atoms with Crippen LogP contribution in [0.2, 0.25) is 0 Å². The van der Waals surface area contributed by atoms with Crippen LogP contribution in [-0.2, 0) is 0 Å². The van der Waals surface area contributed by atoms with E-state index in [1.807, 2.05) is 60.0 Å². The van der Waals surface area contributed by atoms with Crippen molar-refractivity contribution in [3.05, 3.63) is 112 Å². The van der Waals surface area contributed by atoms with E-state index in [2.05, 4.69) is 5.32 Å². The molecular weight excluding hydrogens is 382 g/mol. The van der Waals surface area contributed by atoms with Gasteiger partial charge < -0.3 is 15.5 Å². The Morgan fingerprint density at radius 1 is 0.759 bits per heavy atom. The highest BCUT2D eigenvalue weighted by atomic mass is 32.1. The standard InChI is InChI=1S/C24H19NO3S/c26-18-11-7-16(8-12-18)23(17-9-13-19(27)14-10-17)20-4-1-2-5-21(20)25-24(28)22-6-3-15-29-22/h1-15,23,26-27H,(H,25,28). The minimum Gasteiger partial charge on any atom is -0.508 e. The molecule has 0 spiro atoms. The molecule has 0 saturated heterocycles. The number of benzene rings is 3. The molecule has 1 amide bonds. The molecule has 4 nitrogen and oxygen atoms in total. The number of amides is 1. The lowest BCUT2D eigenvalue weighted by Crippen LogP contribution is -2.14. The summed E-state index contributed by atoms with van der Waals surface area (Å²) >= 11 is 1.39. The van der Waals surface area contributed by atoms with Crippen LogP contribution in [0.1, 0.15) is 32.3 Å². The Kier molecular flexibility index (Phi) is 5.31. The second kappa shape index (κ2) is 8.20. The number of phenolic OH excluding ortho intramolecular Hbond substituents is 2. The van der Waals surface area contributed by atoms with Crippen molar-refractivity contribution in [2.75, 3.05) is 5.32 Å². The Bertz CT molecular complexity index is 1060. The lowest BCUT2D eigenvalue weighted by Gasteiger charge is -2.22. The molecule has 0 aliphatic carbocycles. The summed E-state index contributed by atoms with van der Waals surface area (Å²) in [6.45, 7) is 0. The van der Waals surface area contributed by atoms with E-state index < -0.39 is 0 Å². The largest absolute Gasteiger partial charge is 0.508 e. The first-order valence-corrected chi connectivity index (χ1v) is 10.0. The molecule has 0 aliphatic rings. The predicted octanol–water partition coefficient (Wildman–Crippen LogP) is 5.59. The van der Waals surface area contributed by atoms with Crippen LogP contribution in [-0.4, -0.2) is 16.1 Å². The molecule has 1 heterocycles. The van der Waals surface area contributed by atoms with Crippen LogP contribution in [0.25, 0.3) is 0 Å². The van der Waals surface area contributed by atoms with Gasteiger partial charge in [-0.3, -0.25) is 4.79 Å². The third-order valence-corrected chi connectivity index (χ3v) is 5.59. The smallest absolute Gasteiger partial charge is 0.265 e. The van der Waals surface area contributed by atoms with E-state index in [0.717, 1.165) is 22.4 Å². The monoisotopic (exact) mass is 401 g/mol. The number of hydrogen-bond donors (Lipinski definition) is 3. The van der Waals surface area contributed by atoms with E-state index in [1.54, 1.807) is 30.3 Å². The van der Waals surface area contributed by atoms with Crippen molar-refractivity contribution in [1.82, 2.24) is 0 Å². The van der Waals surface area contributed by atoms with Crippen molar-refractivity contribution in [1.29, 1.82) is 0 Å². The van der Waals surface area contributed by atoms with Crippen molar-refractivity contribution in [3.63, 3.8) is 0 Å². The Morgan fingerprint density at radius 3 is 1.90 bits per heavy atom. The van der Waals surface area contributed by atoms with Crippen molar-refractivity contribution in [3.8, 4) is 11.5 Å². The first-order chi connectivity index (χ1) is 14.1. The summed E-state index contributed by atoms with van der Waals surface area (Å²) in [6.07, 6.45) is 0. The molecule has 0 fully saturated rings. The van der Waals surface area contributed by atoms with Crippen LogP contribution in [0.15, 0.2) is 90.3 Å². The Morgan fingerprint density at radius 2 is 1.34 bits per heavy atom. The molecule has 4 aromatic rings. The summed E-state index contributed by atoms with van der Waals surface area (Å²) in [6, 6.07) is 25.4. The number of rotatable bonds is 5. The molecule has 0 saturated carbocycles. The molecule has 144 valence electrons. The van der Waals surface area contributed by atoms with Crippen LogP contribution < -0.4 is 5.32 Å². The fourth-order valence-corrected chi connectivity index (χ4v) is 3.96. The maximum Gasteiger partial charge on any atom is 0.265 e. The Hall–Kier alpha value is -3.57. The molecule has 0 bridgehead atoms. The Labute approximate surface area is 172 Å². The van der Waals surface area contributed by atoms with Gasteiger partial charge in [0.05, 0.1) is 4.88 Å². The van der Waals surface area contributed by atoms with E-state index in [-0.39, 0.29) is 23.3 Å². The van der Waals surface area contributed by atoms with Crippen LogP contribution >= 0.6 is 11.3 Å². The topological polar surface area (TPSA) is 69.6 Å². The highest BCUT2D eigenvalue weighted by Gasteiger charge is 2.21. The molecular formula is C24H19NO3S. The number of carbonyl (C=O) groups is 1. The van der Waals surface area contributed by atoms with Crippen LogP contribution in [0.5, 0.6) is 11.5 Å². The summed E-state index contributed by atoms with van der Waals surface area (Å²) in [5, 5.41) is 24.3. The van der Waals surface area contributed by atoms with Crippen molar-refractivity contribution in [2.45, 2.75) is 5.92 Å². The number of thiophene rings is 1. The lowest BCUT2D eigenvalue weighted by atomic mass is 9.84. The molecule has 3 N–H and O–H groups in total. The molecule has 3 aromatic carbocycles. The summed E-state index contributed by atoms with van der Waals surface area (Å²) in [7, 11) is 0. The van der Waals surface area contributed by atoms with Gasteiger partial charge in [-0.25, -0.2) is 0 Å². The second-order valence-electron chi connectivity index (χ2n) is 6.63. The quantitative estimate of drug-likeness (QED) is 0.382. The average Bonchev–Trinajstić information content (AvgIpc) is 3.27. The lowest BCUT2D eigenvalue weighted by molar-refractivity contribution is 0.103. The molecule has 0 unspecified atom stereocenters. The van der Waals surface area contributed by atoms with Gasteiger partial charge in [0.25, 0.3) is 5.91 Å². The second-order valence-corrected chi connectivity index (χ2v) is 7.58. The molecule has 4 rings (SSSR count). The minimum absolute atomic E-state index is 0.150. The van der Waals surface area contributed by atoms with Gasteiger partial charge in [-0.05, 0) is 58.5 Å². The zero-order valence-electron chi connectivity index (χ0n) is 15.4. The average molecular weight is 401 g/mol. The third-order valence-electron chi connectivity index (χ3n) is 4.72. The number of anilines is 1. The zero-order chi connectivity index (χ0) is 20.2. The molecule has 0 atom stereocenters. The first-order valence-electron chi connectivity index (χ1n) is 9.13. The van der Waals surface area contributed by atoms with Crippen molar-refractivity contribution in [2.24, 2.45) is 0 Å². The van der Waals surface area contributed by atoms with Gasteiger partial charge in [0.1, 0.15) is 11.5 Å². The van der Waals surface area contributed by atoms with Crippen molar-refractivity contribution >= 4 is 22.9 Å². The molecule has 1 aromatic heterocycles. The molecule has 0 radical (unpaired) electrons. The molecule has 0 aliphatic heterocycles. The Balaban J connectivity index is 1.79. The van der Waals surface area contributed by atoms with E-state index in [4.69, 9.17) is 0 Å². The van der Waals surface area contributed by atoms with Gasteiger partial charge in [0.2, 0.25) is 0 Å². The van der Waals surface area contributed by atoms with Gasteiger partial charge >= 0.3 is 0 Å². The SMILES string of the molecule is O=C(Nc1ccccc1C(c1ccc(O)cc1)c1ccc(O)cc1)c1cccs1. The van der Waals surface area contributed by atoms with Gasteiger partial charge in [0.15, 0.2) is 0 Å². The van der Waals surface area contributed by atoms with Gasteiger partial charge in [0, 0.05) is 11.6 Å². The summed E-state index contributed by atoms with van der Waals surface area (Å²) in [5.74, 6) is 0.0497. The van der Waals surface area contributed by atoms with E-state index in [9.17, 15) is 15.0 Å². The maximum absolute atomic E-state index is 12.6. The van der Waals surface area contributed by atoms with Crippen LogP contribution in [0.3, 0.4) is 0 Å². The minimum atomic E-state index is -0.184. The fourth-order valence-electron chi connectivity index (χ4n) is 3.34. The molecule has 29 heavy (non-hydrogen) atoms. The zero-order valence-corrected chi connectivity index (χ0v) is 16.3.